The maximum Gasteiger partial charge on any atom is 0.344 e. The summed E-state index contributed by atoms with van der Waals surface area (Å²) in [5, 5.41) is 9.57. The average Bonchev–Trinajstić information content (AvgIpc) is 2.60. The van der Waals surface area contributed by atoms with E-state index < -0.39 is 71.3 Å². The molecule has 0 aliphatic rings. The fraction of sp³-hybridized carbons (Fsp3) is 0.500. The zero-order chi connectivity index (χ0) is 20.2. The van der Waals surface area contributed by atoms with E-state index >= 15 is 0 Å². The highest BCUT2D eigenvalue weighted by molar-refractivity contribution is 5.90. The third kappa shape index (κ3) is 4.69. The van der Waals surface area contributed by atoms with Crippen LogP contribution in [-0.2, 0) is 14.3 Å². The molecule has 0 saturated carbocycles. The first-order chi connectivity index (χ1) is 11.9. The average molecular weight is 384 g/mol. The molecule has 0 spiro atoms. The Morgan fingerprint density at radius 2 is 1.35 bits per heavy atom. The zero-order valence-corrected chi connectivity index (χ0v) is 14.2. The van der Waals surface area contributed by atoms with Gasteiger partial charge in [-0.2, -0.15) is 0 Å². The van der Waals surface area contributed by atoms with Crippen LogP contribution in [-0.4, -0.2) is 36.4 Å². The van der Waals surface area contributed by atoms with Crippen molar-refractivity contribution in [1.29, 1.82) is 0 Å². The number of rotatable bonds is 7. The van der Waals surface area contributed by atoms with Gasteiger partial charge in [-0.1, -0.05) is 6.92 Å². The first-order valence-corrected chi connectivity index (χ1v) is 7.47. The number of carbonyl (C=O) groups excluding carboxylic acids is 2. The Kier molecular flexibility index (Phi) is 7.08. The molecule has 0 aliphatic heterocycles. The van der Waals surface area contributed by atoms with E-state index in [0.29, 0.717) is 6.42 Å². The van der Waals surface area contributed by atoms with E-state index in [1.54, 1.807) is 20.8 Å². The molecule has 1 N–H and O–H groups in total. The Bertz CT molecular complexity index is 676. The maximum atomic E-state index is 13.4. The number of aliphatic hydroxyl groups is 1. The van der Waals surface area contributed by atoms with Crippen molar-refractivity contribution in [3.05, 3.63) is 34.6 Å². The van der Waals surface area contributed by atoms with Gasteiger partial charge in [-0.25, -0.2) is 26.7 Å². The number of benzene rings is 1. The Morgan fingerprint density at radius 3 is 1.81 bits per heavy atom. The third-order valence-corrected chi connectivity index (χ3v) is 3.66. The fourth-order valence-corrected chi connectivity index (χ4v) is 1.59. The van der Waals surface area contributed by atoms with E-state index in [4.69, 9.17) is 4.74 Å². The van der Waals surface area contributed by atoms with Crippen molar-refractivity contribution < 1.29 is 46.1 Å². The lowest BCUT2D eigenvalue weighted by atomic mass is 9.91. The van der Waals surface area contributed by atoms with Gasteiger partial charge in [-0.3, -0.25) is 4.79 Å². The molecule has 0 aromatic heterocycles. The van der Waals surface area contributed by atoms with Crippen LogP contribution >= 0.6 is 0 Å². The van der Waals surface area contributed by atoms with E-state index in [0.717, 1.165) is 0 Å². The Hall–Kier alpha value is -2.23. The highest BCUT2D eigenvalue weighted by Gasteiger charge is 2.31. The van der Waals surface area contributed by atoms with Gasteiger partial charge in [0.25, 0.3) is 0 Å². The van der Waals surface area contributed by atoms with E-state index in [2.05, 4.69) is 4.74 Å². The van der Waals surface area contributed by atoms with Crippen LogP contribution in [0.3, 0.4) is 0 Å². The summed E-state index contributed by atoms with van der Waals surface area (Å²) in [7, 11) is 0. The van der Waals surface area contributed by atoms with E-state index in [1.807, 2.05) is 0 Å². The Balaban J connectivity index is 2.72. The summed E-state index contributed by atoms with van der Waals surface area (Å²) < 4.78 is 75.0. The van der Waals surface area contributed by atoms with Crippen molar-refractivity contribution in [2.24, 2.45) is 5.41 Å². The maximum absolute atomic E-state index is 13.4. The molecule has 1 aromatic carbocycles. The minimum Gasteiger partial charge on any atom is -0.462 e. The predicted octanol–water partition coefficient (Wildman–Crippen LogP) is 2.88. The van der Waals surface area contributed by atoms with Gasteiger partial charge in [0, 0.05) is 0 Å². The monoisotopic (exact) mass is 384 g/mol. The molecule has 0 heterocycles. The number of hydrogen-bond acceptors (Lipinski definition) is 5. The van der Waals surface area contributed by atoms with Gasteiger partial charge < -0.3 is 14.6 Å². The first-order valence-electron chi connectivity index (χ1n) is 7.47. The van der Waals surface area contributed by atoms with E-state index in [-0.39, 0.29) is 0 Å². The summed E-state index contributed by atoms with van der Waals surface area (Å²) in [5.74, 6) is -14.2. The van der Waals surface area contributed by atoms with Gasteiger partial charge in [0.15, 0.2) is 23.3 Å². The van der Waals surface area contributed by atoms with Crippen LogP contribution in [0.15, 0.2) is 0 Å². The van der Waals surface area contributed by atoms with Gasteiger partial charge in [0.05, 0.1) is 5.41 Å². The molecule has 1 rings (SSSR count). The number of ether oxygens (including phenoxy) is 2. The lowest BCUT2D eigenvalue weighted by molar-refractivity contribution is -0.157. The molecule has 0 fully saturated rings. The summed E-state index contributed by atoms with van der Waals surface area (Å²) in [6.07, 6.45) is -1.10. The second-order valence-electron chi connectivity index (χ2n) is 6.03. The smallest absolute Gasteiger partial charge is 0.344 e. The molecule has 26 heavy (non-hydrogen) atoms. The van der Waals surface area contributed by atoms with Gasteiger partial charge in [-0.15, -0.1) is 0 Å². The summed E-state index contributed by atoms with van der Waals surface area (Å²) in [6.45, 7) is 3.46. The topological polar surface area (TPSA) is 72.8 Å². The van der Waals surface area contributed by atoms with Crippen molar-refractivity contribution >= 4 is 11.9 Å². The molecule has 0 bridgehead atoms. The second kappa shape index (κ2) is 8.43. The molecule has 0 aliphatic carbocycles. The fourth-order valence-electron chi connectivity index (χ4n) is 1.59. The molecule has 0 radical (unpaired) electrons. The van der Waals surface area contributed by atoms with Crippen molar-refractivity contribution in [2.75, 3.05) is 13.2 Å². The Labute approximate surface area is 145 Å². The van der Waals surface area contributed by atoms with Crippen LogP contribution in [0, 0.1) is 34.5 Å². The van der Waals surface area contributed by atoms with Crippen LogP contribution in [0.4, 0.5) is 22.0 Å². The summed E-state index contributed by atoms with van der Waals surface area (Å²) in [4.78, 5) is 23.3. The molecule has 1 atom stereocenters. The summed E-state index contributed by atoms with van der Waals surface area (Å²) in [5.41, 5.74) is -2.59. The standard InChI is InChI=1S/C16H17F5O5/c1-4-16(2,3)15(24)26-6-7(22)5-25-14(23)8-9(17)11(19)13(21)12(20)10(8)18/h7,22H,4-6H2,1-3H3. The van der Waals surface area contributed by atoms with Crippen molar-refractivity contribution in [3.63, 3.8) is 0 Å². The number of hydrogen-bond donors (Lipinski definition) is 1. The third-order valence-electron chi connectivity index (χ3n) is 3.66. The SMILES string of the molecule is CCC(C)(C)C(=O)OCC(O)COC(=O)c1c(F)c(F)c(F)c(F)c1F. The quantitative estimate of drug-likeness (QED) is 0.339. The van der Waals surface area contributed by atoms with Crippen LogP contribution in [0.1, 0.15) is 37.6 Å². The minimum atomic E-state index is -2.41. The predicted molar refractivity (Wildman–Crippen MR) is 77.6 cm³/mol. The van der Waals surface area contributed by atoms with Crippen molar-refractivity contribution in [2.45, 2.75) is 33.3 Å². The van der Waals surface area contributed by atoms with E-state index in [1.165, 1.54) is 0 Å². The molecule has 10 heteroatoms. The molecule has 1 unspecified atom stereocenters. The highest BCUT2D eigenvalue weighted by Crippen LogP contribution is 2.24. The number of halogens is 5. The van der Waals surface area contributed by atoms with Crippen molar-refractivity contribution in [1.82, 2.24) is 0 Å². The number of aliphatic hydroxyl groups excluding tert-OH is 1. The first kappa shape index (κ1) is 21.8. The number of esters is 2. The lowest BCUT2D eigenvalue weighted by Crippen LogP contribution is -2.31. The van der Waals surface area contributed by atoms with Gasteiger partial charge in [-0.05, 0) is 20.3 Å². The highest BCUT2D eigenvalue weighted by atomic mass is 19.2. The molecule has 1 aromatic rings. The molecule has 0 saturated heterocycles. The van der Waals surface area contributed by atoms with Crippen LogP contribution in [0.25, 0.3) is 0 Å². The van der Waals surface area contributed by atoms with Gasteiger partial charge in [0.1, 0.15) is 24.9 Å². The molecular formula is C16H17F5O5. The van der Waals surface area contributed by atoms with Crippen LogP contribution < -0.4 is 0 Å². The minimum absolute atomic E-state index is 0.456. The normalized spacial score (nSPS) is 12.7. The van der Waals surface area contributed by atoms with Gasteiger partial charge in [0.2, 0.25) is 5.82 Å². The van der Waals surface area contributed by atoms with Crippen molar-refractivity contribution in [3.8, 4) is 0 Å². The summed E-state index contributed by atoms with van der Waals surface area (Å²) in [6, 6.07) is 0. The van der Waals surface area contributed by atoms with E-state index in [9.17, 15) is 36.6 Å². The van der Waals surface area contributed by atoms with Gasteiger partial charge >= 0.3 is 11.9 Å². The zero-order valence-electron chi connectivity index (χ0n) is 14.2. The van der Waals surface area contributed by atoms with Crippen LogP contribution in [0.2, 0.25) is 0 Å². The molecular weight excluding hydrogens is 367 g/mol. The summed E-state index contributed by atoms with van der Waals surface area (Å²) >= 11 is 0. The molecule has 0 amide bonds. The Morgan fingerprint density at radius 1 is 0.923 bits per heavy atom. The molecule has 5 nitrogen and oxygen atoms in total. The lowest BCUT2D eigenvalue weighted by Gasteiger charge is -2.21. The molecule has 146 valence electrons. The second-order valence-corrected chi connectivity index (χ2v) is 6.03. The number of carbonyl (C=O) groups is 2. The van der Waals surface area contributed by atoms with Crippen LogP contribution in [0.5, 0.6) is 0 Å². The largest absolute Gasteiger partial charge is 0.462 e.